The summed E-state index contributed by atoms with van der Waals surface area (Å²) in [5.74, 6) is -0.0804. The second-order valence-electron chi connectivity index (χ2n) is 4.33. The van der Waals surface area contributed by atoms with E-state index >= 15 is 0 Å². The number of ether oxygens (including phenoxy) is 1. The lowest BCUT2D eigenvalue weighted by Crippen LogP contribution is -2.10. The Morgan fingerprint density at radius 2 is 2.00 bits per heavy atom. The van der Waals surface area contributed by atoms with Crippen molar-refractivity contribution in [2.45, 2.75) is 13.0 Å². The summed E-state index contributed by atoms with van der Waals surface area (Å²) in [7, 11) is 0. The molecule has 1 amide bonds. The van der Waals surface area contributed by atoms with E-state index in [4.69, 9.17) is 10.00 Å². The average molecular weight is 284 g/mol. The van der Waals surface area contributed by atoms with Gasteiger partial charge in [0.15, 0.2) is 0 Å². The van der Waals surface area contributed by atoms with Gasteiger partial charge in [-0.3, -0.25) is 4.79 Å². The summed E-state index contributed by atoms with van der Waals surface area (Å²) in [6, 6.07) is 14.7. The number of nitriles is 1. The summed E-state index contributed by atoms with van der Waals surface area (Å²) in [6.07, 6.45) is -0.194. The highest BCUT2D eigenvalue weighted by Gasteiger charge is 2.03. The molecule has 0 heterocycles. The monoisotopic (exact) mass is 284 g/mol. The predicted octanol–water partition coefficient (Wildman–Crippen LogP) is 3.26. The molecule has 2 rings (SSSR count). The van der Waals surface area contributed by atoms with Gasteiger partial charge in [-0.25, -0.2) is 4.39 Å². The third-order valence-electron chi connectivity index (χ3n) is 2.68. The summed E-state index contributed by atoms with van der Waals surface area (Å²) in [5.41, 5.74) is 1.40. The topological polar surface area (TPSA) is 62.1 Å². The number of halogens is 1. The molecule has 2 aromatic carbocycles. The highest BCUT2D eigenvalue weighted by Crippen LogP contribution is 2.19. The first-order valence-electron chi connectivity index (χ1n) is 6.31. The fourth-order valence-electron chi connectivity index (χ4n) is 1.69. The molecule has 0 aliphatic rings. The second-order valence-corrected chi connectivity index (χ2v) is 4.33. The quantitative estimate of drug-likeness (QED) is 0.916. The Kier molecular flexibility index (Phi) is 4.89. The Morgan fingerprint density at radius 3 is 2.71 bits per heavy atom. The van der Waals surface area contributed by atoms with Crippen molar-refractivity contribution in [3.05, 3.63) is 59.9 Å². The lowest BCUT2D eigenvalue weighted by molar-refractivity contribution is -0.115. The van der Waals surface area contributed by atoms with Crippen LogP contribution in [0.15, 0.2) is 48.5 Å². The van der Waals surface area contributed by atoms with Crippen LogP contribution in [-0.4, -0.2) is 5.91 Å². The van der Waals surface area contributed by atoms with Gasteiger partial charge in [-0.15, -0.1) is 0 Å². The molecular formula is C16H13FN2O2. The summed E-state index contributed by atoms with van der Waals surface area (Å²) in [5, 5.41) is 11.0. The molecule has 0 radical (unpaired) electrons. The summed E-state index contributed by atoms with van der Waals surface area (Å²) in [6.45, 7) is 0.301. The van der Waals surface area contributed by atoms with Crippen molar-refractivity contribution in [3.63, 3.8) is 0 Å². The van der Waals surface area contributed by atoms with E-state index in [1.807, 2.05) is 0 Å². The molecule has 0 fully saturated rings. The number of carbonyl (C=O) groups is 1. The third kappa shape index (κ3) is 4.62. The summed E-state index contributed by atoms with van der Waals surface area (Å²) >= 11 is 0. The Morgan fingerprint density at radius 1 is 1.24 bits per heavy atom. The number of benzene rings is 2. The number of rotatable bonds is 5. The zero-order valence-electron chi connectivity index (χ0n) is 11.2. The predicted molar refractivity (Wildman–Crippen MR) is 76.0 cm³/mol. The summed E-state index contributed by atoms with van der Waals surface area (Å²) in [4.78, 5) is 11.3. The van der Waals surface area contributed by atoms with Crippen LogP contribution < -0.4 is 10.1 Å². The van der Waals surface area contributed by atoms with E-state index in [1.54, 1.807) is 42.5 Å². The van der Waals surface area contributed by atoms with Gasteiger partial charge in [-0.2, -0.15) is 5.26 Å². The van der Waals surface area contributed by atoms with Gasteiger partial charge >= 0.3 is 0 Å². The fraction of sp³-hybridized carbons (Fsp3) is 0.125. The van der Waals surface area contributed by atoms with Crippen molar-refractivity contribution >= 4 is 11.6 Å². The molecule has 4 nitrogen and oxygen atoms in total. The Bertz CT molecular complexity index is 663. The highest BCUT2D eigenvalue weighted by atomic mass is 19.1. The maximum atomic E-state index is 12.8. The molecule has 106 valence electrons. The van der Waals surface area contributed by atoms with Gasteiger partial charge in [-0.1, -0.05) is 18.2 Å². The SMILES string of the molecule is N#CCC(=O)Nc1cccc(OCc2ccc(F)cc2)c1. The van der Waals surface area contributed by atoms with Crippen molar-refractivity contribution < 1.29 is 13.9 Å². The zero-order valence-corrected chi connectivity index (χ0v) is 11.2. The van der Waals surface area contributed by atoms with Gasteiger partial charge in [0, 0.05) is 11.8 Å². The minimum atomic E-state index is -0.367. The first-order valence-corrected chi connectivity index (χ1v) is 6.31. The van der Waals surface area contributed by atoms with Crippen LogP contribution in [-0.2, 0) is 11.4 Å². The Labute approximate surface area is 121 Å². The molecule has 0 aliphatic heterocycles. The van der Waals surface area contributed by atoms with Crippen LogP contribution in [0.5, 0.6) is 5.75 Å². The second kappa shape index (κ2) is 7.06. The fourth-order valence-corrected chi connectivity index (χ4v) is 1.69. The average Bonchev–Trinajstić information content (AvgIpc) is 2.47. The molecule has 0 atom stereocenters. The number of amides is 1. The molecule has 1 N–H and O–H groups in total. The molecular weight excluding hydrogens is 271 g/mol. The Balaban J connectivity index is 1.96. The minimum absolute atomic E-state index is 0.194. The smallest absolute Gasteiger partial charge is 0.238 e. The van der Waals surface area contributed by atoms with Crippen LogP contribution in [0, 0.1) is 17.1 Å². The van der Waals surface area contributed by atoms with E-state index in [0.717, 1.165) is 5.56 Å². The van der Waals surface area contributed by atoms with Crippen molar-refractivity contribution in [2.75, 3.05) is 5.32 Å². The van der Waals surface area contributed by atoms with E-state index in [-0.39, 0.29) is 18.1 Å². The van der Waals surface area contributed by atoms with Gasteiger partial charge in [0.05, 0.1) is 6.07 Å². The number of hydrogen-bond donors (Lipinski definition) is 1. The third-order valence-corrected chi connectivity index (χ3v) is 2.68. The molecule has 0 aromatic heterocycles. The first kappa shape index (κ1) is 14.5. The molecule has 5 heteroatoms. The Hall–Kier alpha value is -2.87. The van der Waals surface area contributed by atoms with E-state index in [0.29, 0.717) is 18.0 Å². The molecule has 21 heavy (non-hydrogen) atoms. The molecule has 0 saturated heterocycles. The molecule has 0 unspecified atom stereocenters. The number of nitrogens with zero attached hydrogens (tertiary/aromatic N) is 1. The van der Waals surface area contributed by atoms with Crippen LogP contribution in [0.3, 0.4) is 0 Å². The molecule has 0 spiro atoms. The van der Waals surface area contributed by atoms with Crippen molar-refractivity contribution in [3.8, 4) is 11.8 Å². The molecule has 0 aliphatic carbocycles. The maximum Gasteiger partial charge on any atom is 0.238 e. The molecule has 0 bridgehead atoms. The van der Waals surface area contributed by atoms with Crippen LogP contribution in [0.4, 0.5) is 10.1 Å². The largest absolute Gasteiger partial charge is 0.489 e. The van der Waals surface area contributed by atoms with Gasteiger partial charge in [0.2, 0.25) is 5.91 Å². The highest BCUT2D eigenvalue weighted by molar-refractivity contribution is 5.92. The van der Waals surface area contributed by atoms with Gasteiger partial charge in [-0.05, 0) is 29.8 Å². The van der Waals surface area contributed by atoms with E-state index < -0.39 is 0 Å². The standard InChI is InChI=1S/C16H13FN2O2/c17-13-6-4-12(5-7-13)11-21-15-3-1-2-14(10-15)19-16(20)8-9-18/h1-7,10H,8,11H2,(H,19,20). The number of nitrogens with one attached hydrogen (secondary N) is 1. The minimum Gasteiger partial charge on any atom is -0.489 e. The number of carbonyl (C=O) groups excluding carboxylic acids is 1. The number of hydrogen-bond acceptors (Lipinski definition) is 3. The lowest BCUT2D eigenvalue weighted by atomic mass is 10.2. The summed E-state index contributed by atoms with van der Waals surface area (Å²) < 4.78 is 18.4. The van der Waals surface area contributed by atoms with Crippen LogP contribution in [0.1, 0.15) is 12.0 Å². The zero-order chi connectivity index (χ0) is 15.1. The van der Waals surface area contributed by atoms with Crippen LogP contribution >= 0.6 is 0 Å². The number of anilines is 1. The van der Waals surface area contributed by atoms with Crippen LogP contribution in [0.25, 0.3) is 0 Å². The van der Waals surface area contributed by atoms with E-state index in [1.165, 1.54) is 12.1 Å². The normalized spacial score (nSPS) is 9.71. The van der Waals surface area contributed by atoms with Crippen molar-refractivity contribution in [1.29, 1.82) is 5.26 Å². The van der Waals surface area contributed by atoms with E-state index in [2.05, 4.69) is 5.32 Å². The maximum absolute atomic E-state index is 12.8. The van der Waals surface area contributed by atoms with Crippen molar-refractivity contribution in [1.82, 2.24) is 0 Å². The van der Waals surface area contributed by atoms with Gasteiger partial charge < -0.3 is 10.1 Å². The van der Waals surface area contributed by atoms with Crippen molar-refractivity contribution in [2.24, 2.45) is 0 Å². The van der Waals surface area contributed by atoms with Gasteiger partial charge in [0.1, 0.15) is 24.6 Å². The van der Waals surface area contributed by atoms with Crippen LogP contribution in [0.2, 0.25) is 0 Å². The van der Waals surface area contributed by atoms with Gasteiger partial charge in [0.25, 0.3) is 0 Å². The first-order chi connectivity index (χ1) is 10.2. The molecule has 2 aromatic rings. The lowest BCUT2D eigenvalue weighted by Gasteiger charge is -2.08. The van der Waals surface area contributed by atoms with E-state index in [9.17, 15) is 9.18 Å². The molecule has 0 saturated carbocycles.